The summed E-state index contributed by atoms with van der Waals surface area (Å²) in [6.45, 7) is 3.77. The molecule has 1 fully saturated rings. The number of aromatic amines is 1. The van der Waals surface area contributed by atoms with Gasteiger partial charge in [-0.1, -0.05) is 12.1 Å². The van der Waals surface area contributed by atoms with Crippen molar-refractivity contribution in [1.82, 2.24) is 14.8 Å². The number of carbonyl (C=O) groups is 3. The molecule has 0 spiro atoms. The number of hydrogen-bond donors (Lipinski definition) is 2. The van der Waals surface area contributed by atoms with Crippen molar-refractivity contribution in [3.05, 3.63) is 68.0 Å². The number of aryl methyl sites for hydroxylation is 1. The molecule has 1 aromatic carbocycles. The van der Waals surface area contributed by atoms with E-state index in [0.29, 0.717) is 23.4 Å². The third-order valence-corrected chi connectivity index (χ3v) is 5.79. The van der Waals surface area contributed by atoms with E-state index in [9.17, 15) is 29.6 Å². The summed E-state index contributed by atoms with van der Waals surface area (Å²) in [5.74, 6) is -2.85. The van der Waals surface area contributed by atoms with Crippen molar-refractivity contribution in [2.75, 3.05) is 34.3 Å². The number of aromatic nitrogens is 1. The van der Waals surface area contributed by atoms with E-state index >= 15 is 0 Å². The number of nitrogens with one attached hydrogen (secondary N) is 1. The first kappa shape index (κ1) is 24.6. The first-order valence-corrected chi connectivity index (χ1v) is 10.4. The maximum absolute atomic E-state index is 13.1. The van der Waals surface area contributed by atoms with Crippen LogP contribution in [0.1, 0.15) is 38.9 Å². The molecule has 2 heterocycles. The van der Waals surface area contributed by atoms with Gasteiger partial charge in [-0.2, -0.15) is 0 Å². The van der Waals surface area contributed by atoms with E-state index in [4.69, 9.17) is 4.74 Å². The van der Waals surface area contributed by atoms with E-state index in [1.54, 1.807) is 34.0 Å². The number of nitro benzene ring substituents is 1. The summed E-state index contributed by atoms with van der Waals surface area (Å²) in [6.07, 6.45) is 0. The second-order valence-electron chi connectivity index (χ2n) is 8.26. The number of nitro groups is 1. The number of ketones is 1. The second-order valence-corrected chi connectivity index (χ2v) is 8.26. The van der Waals surface area contributed by atoms with Crippen molar-refractivity contribution in [3.63, 3.8) is 0 Å². The fourth-order valence-electron chi connectivity index (χ4n) is 4.12. The molecule has 0 aliphatic carbocycles. The van der Waals surface area contributed by atoms with Crippen molar-refractivity contribution in [3.8, 4) is 0 Å². The van der Waals surface area contributed by atoms with Crippen LogP contribution in [0.3, 0.4) is 0 Å². The standard InChI is InChI=1S/C23H26N4O7/c1-12-16(13(2)24-18(12)23(31)34-5)20(28)17-19(14-7-6-8-15(11-14)27(32)33)26(10-9-25(3)4)22(30)21(17)29/h6-8,11,19,24,28H,9-10H2,1-5H3/t19-/m0/s1. The third-order valence-electron chi connectivity index (χ3n) is 5.79. The number of likely N-dealkylation sites (tertiary alicyclic amines) is 1. The van der Waals surface area contributed by atoms with Crippen LogP contribution in [0.25, 0.3) is 5.76 Å². The number of ether oxygens (including phenoxy) is 1. The van der Waals surface area contributed by atoms with E-state index in [1.807, 2.05) is 4.90 Å². The topological polar surface area (TPSA) is 146 Å². The molecular weight excluding hydrogens is 444 g/mol. The van der Waals surface area contributed by atoms with Crippen molar-refractivity contribution in [2.45, 2.75) is 19.9 Å². The molecule has 11 nitrogen and oxygen atoms in total. The zero-order valence-corrected chi connectivity index (χ0v) is 19.5. The summed E-state index contributed by atoms with van der Waals surface area (Å²) in [4.78, 5) is 55.0. The lowest BCUT2D eigenvalue weighted by atomic mass is 9.94. The van der Waals surface area contributed by atoms with E-state index in [2.05, 4.69) is 4.98 Å². The highest BCUT2D eigenvalue weighted by Gasteiger charge is 2.46. The highest BCUT2D eigenvalue weighted by Crippen LogP contribution is 2.41. The van der Waals surface area contributed by atoms with Gasteiger partial charge in [-0.3, -0.25) is 19.7 Å². The Morgan fingerprint density at radius 3 is 2.56 bits per heavy atom. The number of carbonyl (C=O) groups excluding carboxylic acids is 3. The molecule has 2 N–H and O–H groups in total. The van der Waals surface area contributed by atoms with Crippen molar-refractivity contribution in [1.29, 1.82) is 0 Å². The van der Waals surface area contributed by atoms with E-state index in [-0.39, 0.29) is 29.1 Å². The van der Waals surface area contributed by atoms with Crippen molar-refractivity contribution < 1.29 is 29.2 Å². The van der Waals surface area contributed by atoms with Gasteiger partial charge in [0.15, 0.2) is 0 Å². The molecule has 1 aromatic heterocycles. The summed E-state index contributed by atoms with van der Waals surface area (Å²) in [5, 5.41) is 22.7. The lowest BCUT2D eigenvalue weighted by molar-refractivity contribution is -0.384. The minimum atomic E-state index is -1.05. The molecule has 1 amide bonds. The molecule has 1 saturated heterocycles. The molecule has 34 heavy (non-hydrogen) atoms. The Hall–Kier alpha value is -3.99. The number of amides is 1. The lowest BCUT2D eigenvalue weighted by Crippen LogP contribution is -2.35. The first-order chi connectivity index (χ1) is 16.0. The fourth-order valence-corrected chi connectivity index (χ4v) is 4.12. The lowest BCUT2D eigenvalue weighted by Gasteiger charge is -2.26. The Balaban J connectivity index is 2.26. The quantitative estimate of drug-likeness (QED) is 0.157. The van der Waals surface area contributed by atoms with Gasteiger partial charge in [0.1, 0.15) is 11.5 Å². The molecule has 11 heteroatoms. The number of rotatable bonds is 7. The zero-order valence-electron chi connectivity index (χ0n) is 19.5. The van der Waals surface area contributed by atoms with Crippen LogP contribution in [-0.2, 0) is 14.3 Å². The Morgan fingerprint density at radius 2 is 1.97 bits per heavy atom. The summed E-state index contributed by atoms with van der Waals surface area (Å²) < 4.78 is 4.76. The van der Waals surface area contributed by atoms with Crippen LogP contribution in [-0.4, -0.2) is 76.8 Å². The minimum absolute atomic E-state index is 0.107. The molecule has 2 aromatic rings. The maximum atomic E-state index is 13.1. The minimum Gasteiger partial charge on any atom is -0.507 e. The molecule has 0 radical (unpaired) electrons. The Kier molecular flexibility index (Phi) is 6.87. The van der Waals surface area contributed by atoms with Gasteiger partial charge in [0.05, 0.1) is 23.6 Å². The van der Waals surface area contributed by atoms with Gasteiger partial charge in [-0.25, -0.2) is 4.79 Å². The van der Waals surface area contributed by atoms with E-state index in [1.165, 1.54) is 30.2 Å². The number of H-pyrrole nitrogens is 1. The highest BCUT2D eigenvalue weighted by atomic mass is 16.6. The van der Waals surface area contributed by atoms with Crippen LogP contribution < -0.4 is 0 Å². The molecule has 1 aliphatic rings. The Morgan fingerprint density at radius 1 is 1.29 bits per heavy atom. The van der Waals surface area contributed by atoms with Gasteiger partial charge in [-0.05, 0) is 39.1 Å². The van der Waals surface area contributed by atoms with E-state index in [0.717, 1.165) is 0 Å². The number of non-ortho nitro benzene ring substituents is 1. The SMILES string of the molecule is COC(=O)c1[nH]c(C)c(C(O)=C2C(=O)C(=O)N(CCN(C)C)[C@H]2c2cccc([N+](=O)[O-])c2)c1C. The predicted molar refractivity (Wildman–Crippen MR) is 122 cm³/mol. The number of aliphatic hydroxyl groups excluding tert-OH is 1. The number of Topliss-reactive ketones (excluding diaryl/α,β-unsaturated/α-hetero) is 1. The van der Waals surface area contributed by atoms with Crippen LogP contribution in [0.5, 0.6) is 0 Å². The molecular formula is C23H26N4O7. The molecule has 1 aliphatic heterocycles. The van der Waals surface area contributed by atoms with Crippen molar-refractivity contribution >= 4 is 29.1 Å². The maximum Gasteiger partial charge on any atom is 0.354 e. The molecule has 0 saturated carbocycles. The number of methoxy groups -OCH3 is 1. The van der Waals surface area contributed by atoms with Gasteiger partial charge in [0.25, 0.3) is 17.4 Å². The summed E-state index contributed by atoms with van der Waals surface area (Å²) in [6, 6.07) is 4.56. The van der Waals surface area contributed by atoms with Gasteiger partial charge in [0, 0.05) is 36.5 Å². The van der Waals surface area contributed by atoms with Crippen LogP contribution >= 0.6 is 0 Å². The van der Waals surface area contributed by atoms with Crippen LogP contribution in [0.15, 0.2) is 29.8 Å². The van der Waals surface area contributed by atoms with Gasteiger partial charge >= 0.3 is 5.97 Å². The Labute approximate surface area is 195 Å². The average Bonchev–Trinajstić information content (AvgIpc) is 3.23. The smallest absolute Gasteiger partial charge is 0.354 e. The highest BCUT2D eigenvalue weighted by molar-refractivity contribution is 6.46. The number of esters is 1. The summed E-state index contributed by atoms with van der Waals surface area (Å²) in [5.41, 5.74) is 0.944. The molecule has 1 atom stereocenters. The molecule has 0 unspecified atom stereocenters. The van der Waals surface area contributed by atoms with Gasteiger partial charge in [-0.15, -0.1) is 0 Å². The number of aliphatic hydroxyl groups is 1. The molecule has 3 rings (SSSR count). The Bertz CT molecular complexity index is 1210. The van der Waals surface area contributed by atoms with E-state index < -0.39 is 34.4 Å². The summed E-state index contributed by atoms with van der Waals surface area (Å²) in [7, 11) is 4.83. The third kappa shape index (κ3) is 4.29. The second kappa shape index (κ2) is 9.48. The van der Waals surface area contributed by atoms with Crippen LogP contribution in [0.2, 0.25) is 0 Å². The van der Waals surface area contributed by atoms with Crippen LogP contribution in [0.4, 0.5) is 5.69 Å². The zero-order chi connectivity index (χ0) is 25.3. The first-order valence-electron chi connectivity index (χ1n) is 10.4. The fraction of sp³-hybridized carbons (Fsp3) is 0.348. The normalized spacial score (nSPS) is 17.5. The van der Waals surface area contributed by atoms with Gasteiger partial charge in [0.2, 0.25) is 0 Å². The number of nitrogens with zero attached hydrogens (tertiary/aromatic N) is 3. The average molecular weight is 470 g/mol. The number of hydrogen-bond acceptors (Lipinski definition) is 8. The van der Waals surface area contributed by atoms with Gasteiger partial charge < -0.3 is 24.6 Å². The number of benzene rings is 1. The summed E-state index contributed by atoms with van der Waals surface area (Å²) >= 11 is 0. The molecule has 180 valence electrons. The largest absolute Gasteiger partial charge is 0.507 e. The van der Waals surface area contributed by atoms with Crippen molar-refractivity contribution in [2.24, 2.45) is 0 Å². The van der Waals surface area contributed by atoms with Crippen LogP contribution in [0, 0.1) is 24.0 Å². The predicted octanol–water partition coefficient (Wildman–Crippen LogP) is 2.31. The monoisotopic (exact) mass is 470 g/mol. The number of likely N-dealkylation sites (N-methyl/N-ethyl adjacent to an activating group) is 1. The molecule has 0 bridgehead atoms.